The number of hydrogen-bond acceptors (Lipinski definition) is 6. The van der Waals surface area contributed by atoms with Crippen molar-refractivity contribution in [1.29, 1.82) is 0 Å². The molecule has 0 unspecified atom stereocenters. The molecule has 0 spiro atoms. The lowest BCUT2D eigenvalue weighted by Gasteiger charge is -2.07. The number of non-ortho nitro benzene ring substituents is 1. The predicted octanol–water partition coefficient (Wildman–Crippen LogP) is 1.78. The van der Waals surface area contributed by atoms with Gasteiger partial charge in [0.15, 0.2) is 11.2 Å². The normalized spacial score (nSPS) is 10.3. The Morgan fingerprint density at radius 2 is 1.69 bits per heavy atom. The summed E-state index contributed by atoms with van der Waals surface area (Å²) in [5.41, 5.74) is 3.76. The Morgan fingerprint density at radius 1 is 0.962 bits per heavy atom. The van der Waals surface area contributed by atoms with Gasteiger partial charge < -0.3 is 4.42 Å². The van der Waals surface area contributed by atoms with Crippen LogP contribution < -0.4 is 16.3 Å². The fourth-order valence-electron chi connectivity index (χ4n) is 2.22. The van der Waals surface area contributed by atoms with Crippen molar-refractivity contribution in [2.24, 2.45) is 0 Å². The highest BCUT2D eigenvalue weighted by molar-refractivity contribution is 5.98. The van der Waals surface area contributed by atoms with Crippen molar-refractivity contribution in [1.82, 2.24) is 10.9 Å². The predicted molar refractivity (Wildman–Crippen MR) is 90.5 cm³/mol. The van der Waals surface area contributed by atoms with Gasteiger partial charge in [-0.1, -0.05) is 18.2 Å². The molecule has 0 saturated carbocycles. The van der Waals surface area contributed by atoms with E-state index in [9.17, 15) is 24.5 Å². The van der Waals surface area contributed by atoms with Gasteiger partial charge in [0, 0.05) is 23.8 Å². The maximum Gasteiger partial charge on any atom is 0.305 e. The Hall–Kier alpha value is -4.01. The molecule has 1 aromatic heterocycles. The molecular weight excluding hydrogens is 342 g/mol. The highest BCUT2D eigenvalue weighted by atomic mass is 16.6. The van der Waals surface area contributed by atoms with E-state index in [-0.39, 0.29) is 22.6 Å². The third kappa shape index (κ3) is 3.41. The quantitative estimate of drug-likeness (QED) is 0.545. The van der Waals surface area contributed by atoms with Crippen LogP contribution in [-0.2, 0) is 0 Å². The Labute approximate surface area is 145 Å². The van der Waals surface area contributed by atoms with E-state index in [1.807, 2.05) is 0 Å². The van der Waals surface area contributed by atoms with Crippen molar-refractivity contribution in [3.63, 3.8) is 0 Å². The zero-order chi connectivity index (χ0) is 18.7. The van der Waals surface area contributed by atoms with Crippen LogP contribution in [0.2, 0.25) is 0 Å². The summed E-state index contributed by atoms with van der Waals surface area (Å²) in [4.78, 5) is 46.1. The minimum absolute atomic E-state index is 0.0144. The first kappa shape index (κ1) is 16.8. The number of rotatable bonds is 3. The van der Waals surface area contributed by atoms with Crippen molar-refractivity contribution < 1.29 is 18.9 Å². The Bertz CT molecular complexity index is 1090. The second kappa shape index (κ2) is 6.85. The fraction of sp³-hybridized carbons (Fsp3) is 0. The van der Waals surface area contributed by atoms with Gasteiger partial charge in [-0.2, -0.15) is 0 Å². The van der Waals surface area contributed by atoms with E-state index in [4.69, 9.17) is 4.42 Å². The SMILES string of the molecule is O=C(NNC(=O)c1cc(=O)c2ccccc2o1)c1cccc([N+](=O)[O-])c1. The maximum atomic E-state index is 12.1. The summed E-state index contributed by atoms with van der Waals surface area (Å²) in [6.07, 6.45) is 0. The molecule has 0 bridgehead atoms. The van der Waals surface area contributed by atoms with Gasteiger partial charge in [-0.15, -0.1) is 0 Å². The monoisotopic (exact) mass is 353 g/mol. The summed E-state index contributed by atoms with van der Waals surface area (Å²) < 4.78 is 5.34. The molecule has 1 heterocycles. The number of hydrogen-bond donors (Lipinski definition) is 2. The van der Waals surface area contributed by atoms with Crippen LogP contribution in [0.5, 0.6) is 0 Å². The van der Waals surface area contributed by atoms with Gasteiger partial charge in [0.2, 0.25) is 0 Å². The standard InChI is InChI=1S/C17H11N3O6/c21-13-9-15(26-14-7-2-1-6-12(13)14)17(23)19-18-16(22)10-4-3-5-11(8-10)20(24)25/h1-9H,(H,18,22)(H,19,23). The van der Waals surface area contributed by atoms with E-state index >= 15 is 0 Å². The number of nitrogens with zero attached hydrogens (tertiary/aromatic N) is 1. The fourth-order valence-corrected chi connectivity index (χ4v) is 2.22. The molecule has 130 valence electrons. The molecule has 0 atom stereocenters. The molecule has 2 N–H and O–H groups in total. The third-order valence-electron chi connectivity index (χ3n) is 3.47. The van der Waals surface area contributed by atoms with E-state index < -0.39 is 22.2 Å². The number of fused-ring (bicyclic) bond motifs is 1. The lowest BCUT2D eigenvalue weighted by molar-refractivity contribution is -0.384. The molecule has 0 radical (unpaired) electrons. The van der Waals surface area contributed by atoms with Crippen LogP contribution in [0, 0.1) is 10.1 Å². The molecule has 0 aliphatic rings. The van der Waals surface area contributed by atoms with Gasteiger partial charge in [0.25, 0.3) is 11.6 Å². The van der Waals surface area contributed by atoms with E-state index in [0.29, 0.717) is 5.39 Å². The number of para-hydroxylation sites is 1. The smallest absolute Gasteiger partial charge is 0.305 e. The summed E-state index contributed by atoms with van der Waals surface area (Å²) in [7, 11) is 0. The zero-order valence-corrected chi connectivity index (χ0v) is 13.1. The maximum absolute atomic E-state index is 12.1. The summed E-state index contributed by atoms with van der Waals surface area (Å²) in [5, 5.41) is 11.1. The first-order valence-corrected chi connectivity index (χ1v) is 7.34. The molecule has 0 saturated heterocycles. The molecule has 26 heavy (non-hydrogen) atoms. The highest BCUT2D eigenvalue weighted by Crippen LogP contribution is 2.13. The second-order valence-electron chi connectivity index (χ2n) is 5.19. The molecule has 9 heteroatoms. The van der Waals surface area contributed by atoms with Gasteiger partial charge in [0.05, 0.1) is 10.3 Å². The number of amides is 2. The average molecular weight is 353 g/mol. The molecule has 9 nitrogen and oxygen atoms in total. The second-order valence-corrected chi connectivity index (χ2v) is 5.19. The van der Waals surface area contributed by atoms with Crippen LogP contribution in [-0.4, -0.2) is 16.7 Å². The third-order valence-corrected chi connectivity index (χ3v) is 3.47. The molecule has 3 rings (SSSR count). The van der Waals surface area contributed by atoms with E-state index in [2.05, 4.69) is 10.9 Å². The molecule has 2 aromatic carbocycles. The lowest BCUT2D eigenvalue weighted by atomic mass is 10.2. The highest BCUT2D eigenvalue weighted by Gasteiger charge is 2.15. The van der Waals surface area contributed by atoms with Crippen molar-refractivity contribution in [2.45, 2.75) is 0 Å². The van der Waals surface area contributed by atoms with Gasteiger partial charge in [-0.05, 0) is 18.2 Å². The molecule has 3 aromatic rings. The molecular formula is C17H11N3O6. The van der Waals surface area contributed by atoms with E-state index in [1.165, 1.54) is 24.3 Å². The lowest BCUT2D eigenvalue weighted by Crippen LogP contribution is -2.41. The minimum atomic E-state index is -0.841. The van der Waals surface area contributed by atoms with E-state index in [0.717, 1.165) is 12.1 Å². The number of carbonyl (C=O) groups is 2. The number of nitrogens with one attached hydrogen (secondary N) is 2. The molecule has 0 fully saturated rings. The van der Waals surface area contributed by atoms with Gasteiger partial charge in [-0.25, -0.2) is 0 Å². The topological polar surface area (TPSA) is 132 Å². The van der Waals surface area contributed by atoms with Crippen LogP contribution in [0.4, 0.5) is 5.69 Å². The molecule has 0 aliphatic carbocycles. The summed E-state index contributed by atoms with van der Waals surface area (Å²) in [6, 6.07) is 12.4. The minimum Gasteiger partial charge on any atom is -0.451 e. The van der Waals surface area contributed by atoms with Crippen LogP contribution in [0.25, 0.3) is 11.0 Å². The van der Waals surface area contributed by atoms with Gasteiger partial charge in [-0.3, -0.25) is 35.3 Å². The van der Waals surface area contributed by atoms with Crippen LogP contribution in [0.3, 0.4) is 0 Å². The number of benzene rings is 2. The van der Waals surface area contributed by atoms with Gasteiger partial charge in [0.1, 0.15) is 5.58 Å². The molecule has 2 amide bonds. The van der Waals surface area contributed by atoms with Crippen LogP contribution in [0.15, 0.2) is 63.8 Å². The Morgan fingerprint density at radius 3 is 2.46 bits per heavy atom. The number of hydrazine groups is 1. The van der Waals surface area contributed by atoms with Gasteiger partial charge >= 0.3 is 5.91 Å². The average Bonchev–Trinajstić information content (AvgIpc) is 2.65. The summed E-state index contributed by atoms with van der Waals surface area (Å²) >= 11 is 0. The summed E-state index contributed by atoms with van der Waals surface area (Å²) in [5.74, 6) is -1.88. The van der Waals surface area contributed by atoms with Crippen molar-refractivity contribution in [3.05, 3.63) is 86.3 Å². The Kier molecular flexibility index (Phi) is 4.44. The summed E-state index contributed by atoms with van der Waals surface area (Å²) in [6.45, 7) is 0. The van der Waals surface area contributed by atoms with Crippen LogP contribution >= 0.6 is 0 Å². The first-order valence-electron chi connectivity index (χ1n) is 7.34. The number of nitro benzene ring substituents is 1. The van der Waals surface area contributed by atoms with Crippen molar-refractivity contribution >= 4 is 28.5 Å². The molecule has 0 aliphatic heterocycles. The number of carbonyl (C=O) groups excluding carboxylic acids is 2. The van der Waals surface area contributed by atoms with Crippen molar-refractivity contribution in [3.8, 4) is 0 Å². The first-order chi connectivity index (χ1) is 12.5. The van der Waals surface area contributed by atoms with E-state index in [1.54, 1.807) is 18.2 Å². The Balaban J connectivity index is 1.75. The number of nitro groups is 1. The largest absolute Gasteiger partial charge is 0.451 e. The van der Waals surface area contributed by atoms with Crippen molar-refractivity contribution in [2.75, 3.05) is 0 Å². The van der Waals surface area contributed by atoms with Crippen LogP contribution in [0.1, 0.15) is 20.9 Å². The zero-order valence-electron chi connectivity index (χ0n) is 13.1.